The molecule has 240 valence electrons. The number of nitrogens with one attached hydrogen (secondary N) is 1. The van der Waals surface area contributed by atoms with Gasteiger partial charge in [0.2, 0.25) is 5.91 Å². The molecule has 7 heteroatoms. The molecule has 2 unspecified atom stereocenters. The minimum atomic E-state index is -1.03. The Bertz CT molecular complexity index is 803. The molecule has 0 spiro atoms. The summed E-state index contributed by atoms with van der Waals surface area (Å²) in [5.74, 6) is -1.43. The molecule has 0 heterocycles. The number of carbonyl (C=O) groups is 3. The largest absolute Gasteiger partial charge is 0.480 e. The molecule has 0 aromatic carbocycles. The molecule has 0 aliphatic carbocycles. The summed E-state index contributed by atoms with van der Waals surface area (Å²) in [4.78, 5) is 36.0. The third-order valence-electron chi connectivity index (χ3n) is 6.89. The molecule has 2 atom stereocenters. The normalized spacial score (nSPS) is 13.4. The van der Waals surface area contributed by atoms with Gasteiger partial charge >= 0.3 is 11.9 Å². The van der Waals surface area contributed by atoms with Gasteiger partial charge in [-0.05, 0) is 76.8 Å². The van der Waals surface area contributed by atoms with E-state index in [1.807, 2.05) is 6.08 Å². The van der Waals surface area contributed by atoms with Crippen molar-refractivity contribution in [1.29, 1.82) is 0 Å². The summed E-state index contributed by atoms with van der Waals surface area (Å²) < 4.78 is 5.81. The van der Waals surface area contributed by atoms with Crippen LogP contribution in [0.15, 0.2) is 48.6 Å². The number of aliphatic carboxylic acids is 1. The van der Waals surface area contributed by atoms with Crippen LogP contribution in [0, 0.1) is 0 Å². The fourth-order valence-corrected chi connectivity index (χ4v) is 4.42. The van der Waals surface area contributed by atoms with Crippen LogP contribution in [0.2, 0.25) is 0 Å². The second-order valence-electron chi connectivity index (χ2n) is 10.8. The van der Waals surface area contributed by atoms with Crippen molar-refractivity contribution in [3.05, 3.63) is 48.6 Å². The number of unbranched alkanes of at least 4 members (excludes halogenated alkanes) is 8. The fraction of sp³-hybridized carbons (Fsp3) is 0.686. The molecular weight excluding hydrogens is 528 g/mol. The number of hydrogen-bond donors (Lipinski definition) is 3. The maximum absolute atomic E-state index is 12.5. The molecule has 42 heavy (non-hydrogen) atoms. The van der Waals surface area contributed by atoms with Crippen LogP contribution < -0.4 is 11.1 Å². The Hall–Kier alpha value is -2.67. The van der Waals surface area contributed by atoms with Gasteiger partial charge in [-0.25, -0.2) is 4.79 Å². The number of ether oxygens (including phenoxy) is 1. The molecule has 0 aliphatic heterocycles. The van der Waals surface area contributed by atoms with Crippen LogP contribution in [0.4, 0.5) is 0 Å². The number of nitrogens with two attached hydrogens (primary N) is 1. The van der Waals surface area contributed by atoms with E-state index in [2.05, 4.69) is 61.7 Å². The Morgan fingerprint density at radius 2 is 1.29 bits per heavy atom. The maximum Gasteiger partial charge on any atom is 0.326 e. The number of hydrogen-bond acceptors (Lipinski definition) is 5. The van der Waals surface area contributed by atoms with Crippen LogP contribution >= 0.6 is 0 Å². The molecule has 0 aliphatic rings. The van der Waals surface area contributed by atoms with Crippen molar-refractivity contribution in [2.24, 2.45) is 5.73 Å². The molecule has 0 rings (SSSR count). The molecule has 0 bridgehead atoms. The van der Waals surface area contributed by atoms with E-state index in [1.54, 1.807) is 0 Å². The molecule has 0 fully saturated rings. The van der Waals surface area contributed by atoms with E-state index in [0.717, 1.165) is 51.4 Å². The third-order valence-corrected chi connectivity index (χ3v) is 6.89. The first-order valence-corrected chi connectivity index (χ1v) is 16.5. The van der Waals surface area contributed by atoms with Gasteiger partial charge in [-0.3, -0.25) is 9.59 Å². The monoisotopic (exact) mass is 588 g/mol. The number of rotatable bonds is 28. The third kappa shape index (κ3) is 26.2. The highest BCUT2D eigenvalue weighted by atomic mass is 16.5. The highest BCUT2D eigenvalue weighted by molar-refractivity contribution is 5.83. The number of amides is 1. The lowest BCUT2D eigenvalue weighted by molar-refractivity contribution is -0.147. The van der Waals surface area contributed by atoms with Gasteiger partial charge in [0.15, 0.2) is 0 Å². The predicted octanol–water partition coefficient (Wildman–Crippen LogP) is 8.10. The highest BCUT2D eigenvalue weighted by Gasteiger charge is 2.19. The van der Waals surface area contributed by atoms with Crippen molar-refractivity contribution in [3.63, 3.8) is 0 Å². The molecule has 0 saturated heterocycles. The molecule has 7 nitrogen and oxygen atoms in total. The number of esters is 1. The summed E-state index contributed by atoms with van der Waals surface area (Å²) in [6.45, 7) is 4.73. The van der Waals surface area contributed by atoms with Crippen molar-refractivity contribution in [2.45, 2.75) is 148 Å². The van der Waals surface area contributed by atoms with Gasteiger partial charge in [-0.15, -0.1) is 0 Å². The van der Waals surface area contributed by atoms with E-state index >= 15 is 0 Å². The second kappa shape index (κ2) is 29.8. The van der Waals surface area contributed by atoms with E-state index in [-0.39, 0.29) is 24.4 Å². The summed E-state index contributed by atoms with van der Waals surface area (Å²) in [7, 11) is 0. The standard InChI is InChI=1S/C35H60N2O5/c1-3-5-7-9-11-12-13-14-16-17-20-25-31(42-34(39)29-23-18-15-10-8-6-4-2)26-21-19-22-28-33(38)37-32(35(40)41)27-24-30-36/h5,7,11-12,14,16,20,25,31-32H,3-4,6,8-10,13,15,17-19,21-24,26-30,36H2,1-2H3,(H,37,38)(H,40,41)/b7-5-,12-11-,16-14-,25-20-. The Balaban J connectivity index is 4.59. The molecule has 0 aromatic rings. The summed E-state index contributed by atoms with van der Waals surface area (Å²) in [5, 5.41) is 11.9. The Kier molecular flexibility index (Phi) is 27.9. The molecular formula is C35H60N2O5. The Morgan fingerprint density at radius 3 is 1.90 bits per heavy atom. The number of carboxylic acids is 1. The van der Waals surface area contributed by atoms with E-state index in [1.165, 1.54) is 32.1 Å². The smallest absolute Gasteiger partial charge is 0.326 e. The number of carboxylic acid groups (broad SMARTS) is 1. The first kappa shape index (κ1) is 39.3. The topological polar surface area (TPSA) is 119 Å². The van der Waals surface area contributed by atoms with Gasteiger partial charge < -0.3 is 20.9 Å². The van der Waals surface area contributed by atoms with Crippen molar-refractivity contribution < 1.29 is 24.2 Å². The van der Waals surface area contributed by atoms with E-state index in [0.29, 0.717) is 38.6 Å². The van der Waals surface area contributed by atoms with E-state index in [9.17, 15) is 19.5 Å². The minimum Gasteiger partial charge on any atom is -0.480 e. The molecule has 0 saturated carbocycles. The molecule has 4 N–H and O–H groups in total. The summed E-state index contributed by atoms with van der Waals surface area (Å²) >= 11 is 0. The average molecular weight is 589 g/mol. The van der Waals surface area contributed by atoms with Gasteiger partial charge in [-0.2, -0.15) is 0 Å². The quantitative estimate of drug-likeness (QED) is 0.0483. The Labute approximate surface area is 256 Å². The van der Waals surface area contributed by atoms with Crippen molar-refractivity contribution in [3.8, 4) is 0 Å². The van der Waals surface area contributed by atoms with Crippen LogP contribution in [0.5, 0.6) is 0 Å². The fourth-order valence-electron chi connectivity index (χ4n) is 4.42. The first-order valence-electron chi connectivity index (χ1n) is 16.5. The average Bonchev–Trinajstić information content (AvgIpc) is 2.97. The summed E-state index contributed by atoms with van der Waals surface area (Å²) in [6.07, 6.45) is 33.1. The Morgan fingerprint density at radius 1 is 0.714 bits per heavy atom. The zero-order valence-electron chi connectivity index (χ0n) is 26.6. The molecule has 0 radical (unpaired) electrons. The minimum absolute atomic E-state index is 0.146. The zero-order chi connectivity index (χ0) is 31.1. The lowest BCUT2D eigenvalue weighted by Crippen LogP contribution is -2.40. The van der Waals surface area contributed by atoms with Gasteiger partial charge in [-0.1, -0.05) is 101 Å². The zero-order valence-corrected chi connectivity index (χ0v) is 26.6. The molecule has 0 aromatic heterocycles. The highest BCUT2D eigenvalue weighted by Crippen LogP contribution is 2.14. The van der Waals surface area contributed by atoms with Gasteiger partial charge in [0.1, 0.15) is 12.1 Å². The maximum atomic E-state index is 12.5. The lowest BCUT2D eigenvalue weighted by Gasteiger charge is -2.15. The molecule has 1 amide bonds. The SMILES string of the molecule is CC/C=C\C/C=C\C/C=C\C/C=C\C(CCCCCC(=O)NC(CCCN)C(=O)O)OC(=O)CCCCCCCCC. The van der Waals surface area contributed by atoms with Crippen LogP contribution in [0.1, 0.15) is 136 Å². The van der Waals surface area contributed by atoms with Crippen molar-refractivity contribution >= 4 is 17.8 Å². The first-order chi connectivity index (χ1) is 20.4. The summed E-state index contributed by atoms with van der Waals surface area (Å²) in [6, 6.07) is -0.889. The van der Waals surface area contributed by atoms with Crippen LogP contribution in [0.3, 0.4) is 0 Å². The van der Waals surface area contributed by atoms with E-state index < -0.39 is 12.0 Å². The van der Waals surface area contributed by atoms with Gasteiger partial charge in [0, 0.05) is 12.8 Å². The summed E-state index contributed by atoms with van der Waals surface area (Å²) in [5.41, 5.74) is 5.46. The van der Waals surface area contributed by atoms with Crippen molar-refractivity contribution in [2.75, 3.05) is 6.54 Å². The number of allylic oxidation sites excluding steroid dienone is 7. The van der Waals surface area contributed by atoms with Crippen LogP contribution in [0.25, 0.3) is 0 Å². The number of carbonyl (C=O) groups excluding carboxylic acids is 2. The van der Waals surface area contributed by atoms with Crippen LogP contribution in [-0.2, 0) is 19.1 Å². The van der Waals surface area contributed by atoms with Gasteiger partial charge in [0.05, 0.1) is 0 Å². The lowest BCUT2D eigenvalue weighted by atomic mass is 10.1. The van der Waals surface area contributed by atoms with E-state index in [4.69, 9.17) is 10.5 Å². The van der Waals surface area contributed by atoms with Crippen LogP contribution in [-0.4, -0.2) is 41.6 Å². The second-order valence-corrected chi connectivity index (χ2v) is 10.8. The van der Waals surface area contributed by atoms with Gasteiger partial charge in [0.25, 0.3) is 0 Å². The predicted molar refractivity (Wildman–Crippen MR) is 174 cm³/mol. The van der Waals surface area contributed by atoms with Crippen molar-refractivity contribution in [1.82, 2.24) is 5.32 Å².